The molecule has 2 aromatic carbocycles. The standard InChI is InChI=1S/C20H19NO3/c1-4-23-20(22)15-8-9-18-17(12-15)19(11-14(3)21-18)24-16-7-5-6-13(2)10-16/h5-12H,4H2,1-3H3. The van der Waals surface area contributed by atoms with Crippen LogP contribution < -0.4 is 4.74 Å². The smallest absolute Gasteiger partial charge is 0.338 e. The molecule has 0 saturated carbocycles. The fraction of sp³-hybridized carbons (Fsp3) is 0.200. The Labute approximate surface area is 141 Å². The lowest BCUT2D eigenvalue weighted by atomic mass is 10.1. The molecular weight excluding hydrogens is 302 g/mol. The number of carbonyl (C=O) groups excluding carboxylic acids is 1. The van der Waals surface area contributed by atoms with Gasteiger partial charge in [0.25, 0.3) is 0 Å². The lowest BCUT2D eigenvalue weighted by Crippen LogP contribution is -2.04. The van der Waals surface area contributed by atoms with E-state index in [1.165, 1.54) is 0 Å². The van der Waals surface area contributed by atoms with Gasteiger partial charge in [-0.15, -0.1) is 0 Å². The third-order valence-electron chi connectivity index (χ3n) is 3.63. The van der Waals surface area contributed by atoms with E-state index in [0.717, 1.165) is 27.9 Å². The molecule has 0 amide bonds. The molecule has 0 N–H and O–H groups in total. The van der Waals surface area contributed by atoms with Crippen LogP contribution >= 0.6 is 0 Å². The quantitative estimate of drug-likeness (QED) is 0.646. The molecule has 4 heteroatoms. The molecule has 3 rings (SSSR count). The Balaban J connectivity index is 2.07. The lowest BCUT2D eigenvalue weighted by Gasteiger charge is -2.11. The van der Waals surface area contributed by atoms with E-state index < -0.39 is 0 Å². The van der Waals surface area contributed by atoms with E-state index in [0.29, 0.717) is 17.9 Å². The number of aromatic nitrogens is 1. The molecular formula is C20H19NO3. The van der Waals surface area contributed by atoms with Gasteiger partial charge in [-0.1, -0.05) is 12.1 Å². The highest BCUT2D eigenvalue weighted by molar-refractivity contribution is 5.96. The van der Waals surface area contributed by atoms with E-state index >= 15 is 0 Å². The minimum Gasteiger partial charge on any atom is -0.462 e. The van der Waals surface area contributed by atoms with Crippen molar-refractivity contribution in [2.45, 2.75) is 20.8 Å². The number of fused-ring (bicyclic) bond motifs is 1. The number of esters is 1. The SMILES string of the molecule is CCOC(=O)c1ccc2nc(C)cc(Oc3cccc(C)c3)c2c1. The maximum absolute atomic E-state index is 12.0. The van der Waals surface area contributed by atoms with Crippen LogP contribution in [0.15, 0.2) is 48.5 Å². The van der Waals surface area contributed by atoms with Crippen LogP contribution in [-0.4, -0.2) is 17.6 Å². The summed E-state index contributed by atoms with van der Waals surface area (Å²) >= 11 is 0. The van der Waals surface area contributed by atoms with Crippen LogP contribution in [0.3, 0.4) is 0 Å². The molecule has 0 aliphatic rings. The van der Waals surface area contributed by atoms with Gasteiger partial charge >= 0.3 is 5.97 Å². The molecule has 0 radical (unpaired) electrons. The molecule has 122 valence electrons. The van der Waals surface area contributed by atoms with Crippen molar-refractivity contribution in [2.24, 2.45) is 0 Å². The first-order chi connectivity index (χ1) is 11.6. The number of hydrogen-bond donors (Lipinski definition) is 0. The van der Waals surface area contributed by atoms with Gasteiger partial charge in [0, 0.05) is 17.1 Å². The van der Waals surface area contributed by atoms with E-state index in [9.17, 15) is 4.79 Å². The molecule has 0 fully saturated rings. The van der Waals surface area contributed by atoms with Crippen molar-refractivity contribution in [2.75, 3.05) is 6.61 Å². The van der Waals surface area contributed by atoms with Gasteiger partial charge < -0.3 is 9.47 Å². The normalized spacial score (nSPS) is 10.6. The summed E-state index contributed by atoms with van der Waals surface area (Å²) in [6.07, 6.45) is 0. The van der Waals surface area contributed by atoms with Crippen LogP contribution in [0.4, 0.5) is 0 Å². The van der Waals surface area contributed by atoms with E-state index in [2.05, 4.69) is 4.98 Å². The number of rotatable bonds is 4. The fourth-order valence-electron chi connectivity index (χ4n) is 2.55. The Kier molecular flexibility index (Phi) is 4.47. The van der Waals surface area contributed by atoms with Crippen LogP contribution in [-0.2, 0) is 4.74 Å². The number of ether oxygens (including phenoxy) is 2. The summed E-state index contributed by atoms with van der Waals surface area (Å²) in [6, 6.07) is 15.0. The van der Waals surface area contributed by atoms with Crippen LogP contribution in [0.2, 0.25) is 0 Å². The van der Waals surface area contributed by atoms with Gasteiger partial charge in [-0.2, -0.15) is 0 Å². The average molecular weight is 321 g/mol. The number of pyridine rings is 1. The monoisotopic (exact) mass is 321 g/mol. The second-order valence-corrected chi connectivity index (χ2v) is 5.63. The first-order valence-corrected chi connectivity index (χ1v) is 7.90. The number of aryl methyl sites for hydroxylation is 2. The average Bonchev–Trinajstić information content (AvgIpc) is 2.54. The maximum atomic E-state index is 12.0. The number of carbonyl (C=O) groups is 1. The molecule has 0 aliphatic carbocycles. The van der Waals surface area contributed by atoms with Crippen molar-refractivity contribution < 1.29 is 14.3 Å². The molecule has 0 saturated heterocycles. The number of hydrogen-bond acceptors (Lipinski definition) is 4. The lowest BCUT2D eigenvalue weighted by molar-refractivity contribution is 0.0526. The first kappa shape index (κ1) is 16.0. The summed E-state index contributed by atoms with van der Waals surface area (Å²) in [5, 5.41) is 0.785. The topological polar surface area (TPSA) is 48.4 Å². The fourth-order valence-corrected chi connectivity index (χ4v) is 2.55. The maximum Gasteiger partial charge on any atom is 0.338 e. The first-order valence-electron chi connectivity index (χ1n) is 7.90. The summed E-state index contributed by atoms with van der Waals surface area (Å²) in [6.45, 7) is 6.06. The molecule has 24 heavy (non-hydrogen) atoms. The number of benzene rings is 2. The summed E-state index contributed by atoms with van der Waals surface area (Å²) in [5.41, 5.74) is 3.25. The van der Waals surface area contributed by atoms with Crippen LogP contribution in [0.25, 0.3) is 10.9 Å². The van der Waals surface area contributed by atoms with Crippen molar-refractivity contribution in [3.63, 3.8) is 0 Å². The molecule has 3 aromatic rings. The largest absolute Gasteiger partial charge is 0.462 e. The Morgan fingerprint density at radius 3 is 2.67 bits per heavy atom. The van der Waals surface area contributed by atoms with E-state index in [1.807, 2.05) is 50.2 Å². The van der Waals surface area contributed by atoms with Crippen LogP contribution in [0.1, 0.15) is 28.5 Å². The van der Waals surface area contributed by atoms with Gasteiger partial charge in [0.05, 0.1) is 17.7 Å². The summed E-state index contributed by atoms with van der Waals surface area (Å²) in [5.74, 6) is 1.08. The summed E-state index contributed by atoms with van der Waals surface area (Å²) in [4.78, 5) is 16.5. The Morgan fingerprint density at radius 2 is 1.92 bits per heavy atom. The van der Waals surface area contributed by atoms with Gasteiger partial charge in [0.1, 0.15) is 11.5 Å². The van der Waals surface area contributed by atoms with Crippen molar-refractivity contribution in [3.05, 3.63) is 65.4 Å². The second-order valence-electron chi connectivity index (χ2n) is 5.63. The van der Waals surface area contributed by atoms with Crippen LogP contribution in [0, 0.1) is 13.8 Å². The van der Waals surface area contributed by atoms with Gasteiger partial charge in [-0.05, 0) is 56.7 Å². The minimum absolute atomic E-state index is 0.343. The predicted octanol–water partition coefficient (Wildman–Crippen LogP) is 4.82. The van der Waals surface area contributed by atoms with Gasteiger partial charge in [-0.25, -0.2) is 4.79 Å². The molecule has 1 heterocycles. The van der Waals surface area contributed by atoms with Gasteiger partial charge in [0.2, 0.25) is 0 Å². The Hall–Kier alpha value is -2.88. The Morgan fingerprint density at radius 1 is 1.08 bits per heavy atom. The molecule has 0 spiro atoms. The zero-order chi connectivity index (χ0) is 17.1. The zero-order valence-corrected chi connectivity index (χ0v) is 14.0. The second kappa shape index (κ2) is 6.71. The highest BCUT2D eigenvalue weighted by Crippen LogP contribution is 2.31. The third kappa shape index (κ3) is 3.38. The Bertz CT molecular complexity index is 903. The van der Waals surface area contributed by atoms with Crippen molar-refractivity contribution >= 4 is 16.9 Å². The third-order valence-corrected chi connectivity index (χ3v) is 3.63. The van der Waals surface area contributed by atoms with Gasteiger partial charge in [-0.3, -0.25) is 4.98 Å². The van der Waals surface area contributed by atoms with E-state index in [-0.39, 0.29) is 5.97 Å². The molecule has 0 atom stereocenters. The minimum atomic E-state index is -0.346. The van der Waals surface area contributed by atoms with E-state index in [4.69, 9.17) is 9.47 Å². The number of nitrogens with zero attached hydrogens (tertiary/aromatic N) is 1. The predicted molar refractivity (Wildman–Crippen MR) is 93.7 cm³/mol. The molecule has 0 unspecified atom stereocenters. The summed E-state index contributed by atoms with van der Waals surface area (Å²) < 4.78 is 11.1. The highest BCUT2D eigenvalue weighted by Gasteiger charge is 2.12. The molecule has 0 aliphatic heterocycles. The highest BCUT2D eigenvalue weighted by atomic mass is 16.5. The van der Waals surface area contributed by atoms with Crippen molar-refractivity contribution in [1.82, 2.24) is 4.98 Å². The zero-order valence-electron chi connectivity index (χ0n) is 14.0. The van der Waals surface area contributed by atoms with E-state index in [1.54, 1.807) is 19.1 Å². The molecule has 1 aromatic heterocycles. The molecule has 0 bridgehead atoms. The molecule has 4 nitrogen and oxygen atoms in total. The van der Waals surface area contributed by atoms with Crippen molar-refractivity contribution in [1.29, 1.82) is 0 Å². The van der Waals surface area contributed by atoms with Crippen molar-refractivity contribution in [3.8, 4) is 11.5 Å². The van der Waals surface area contributed by atoms with Crippen LogP contribution in [0.5, 0.6) is 11.5 Å². The van der Waals surface area contributed by atoms with Gasteiger partial charge in [0.15, 0.2) is 0 Å². The summed E-state index contributed by atoms with van der Waals surface area (Å²) in [7, 11) is 0.